The summed E-state index contributed by atoms with van der Waals surface area (Å²) in [6, 6.07) is 102. The van der Waals surface area contributed by atoms with Gasteiger partial charge in [0.25, 0.3) is 0 Å². The molecule has 0 spiro atoms. The number of nitrogens with zero attached hydrogens (tertiary/aromatic N) is 25. The number of halogens is 2. The summed E-state index contributed by atoms with van der Waals surface area (Å²) in [6.45, 7) is 21.6. The third-order valence-corrected chi connectivity index (χ3v) is 25.8. The van der Waals surface area contributed by atoms with Gasteiger partial charge in [-0.1, -0.05) is 246 Å². The molecule has 0 fully saturated rings. The number of benzene rings is 8. The van der Waals surface area contributed by atoms with Gasteiger partial charge in [-0.2, -0.15) is 5.26 Å². The second kappa shape index (κ2) is 50.1. The standard InChI is InChI=1S/C30H30N6O2.C29H27N7.C29H30N6.C28H26Cl2N6/c1-22-7-9-23(10-8-22)15-16-35(18-27-14-11-24-5-3-4-6-28(24)33-27)20-29-34-32-21-36(29)19-26-13-12-25(17-31-26)30(37)38-2;1-22-6-8-23(9-7-22)14-15-35(18-27-13-11-25-4-2-3-5-28(25)33-27)20-29-34-32-21-36(29)19-26-12-10-24(16-30)17-31-26;1-22-10-12-24(13-11-22)16-17-34(18-27-15-14-25-7-3-4-9-28(25)32-27)20-29-33-30-21-35(29)19-26-8-5-6-23(2)31-26;1-20-6-8-21(9-7-20)12-13-35(17-24-11-10-23-4-2-3-5-26(23)33-24)18-27-34-32-19-36(27)16-22-14-25(29)28(30)31-15-22/h3-14,17,21H,15-16,18-20H2,1-2H3;2-13,17,21H,14-15,18-20H2,1H3;3-15,21H,16-20H2,1-2H3;2-11,14-15,19H,12-13,16-18H2,1H3. The normalized spacial score (nSPS) is 11.3. The number of rotatable bonds is 37. The molecule has 0 saturated carbocycles. The lowest BCUT2D eigenvalue weighted by atomic mass is 10.1. The van der Waals surface area contributed by atoms with Gasteiger partial charge in [-0.15, -0.1) is 40.8 Å². The van der Waals surface area contributed by atoms with Gasteiger partial charge >= 0.3 is 5.97 Å². The number of para-hydroxylation sites is 4. The van der Waals surface area contributed by atoms with Crippen LogP contribution in [0.15, 0.2) is 335 Å². The van der Waals surface area contributed by atoms with Crippen molar-refractivity contribution in [1.29, 1.82) is 5.26 Å². The van der Waals surface area contributed by atoms with E-state index in [9.17, 15) is 4.79 Å². The predicted molar refractivity (Wildman–Crippen MR) is 567 cm³/mol. The lowest BCUT2D eigenvalue weighted by Crippen LogP contribution is -2.27. The summed E-state index contributed by atoms with van der Waals surface area (Å²) in [6.07, 6.45) is 15.6. The molecule has 0 unspecified atom stereocenters. The van der Waals surface area contributed by atoms with Crippen LogP contribution in [0.3, 0.4) is 0 Å². The van der Waals surface area contributed by atoms with Crippen molar-refractivity contribution in [3.05, 3.63) is 475 Å². The number of hydrogen-bond donors (Lipinski definition) is 0. The van der Waals surface area contributed by atoms with E-state index in [0.29, 0.717) is 93.3 Å². The molecule has 0 aliphatic carbocycles. The highest BCUT2D eigenvalue weighted by Gasteiger charge is 2.22. The molecule has 0 aliphatic rings. The fourth-order valence-corrected chi connectivity index (χ4v) is 17.2. The Kier molecular flexibility index (Phi) is 34.7. The van der Waals surface area contributed by atoms with E-state index < -0.39 is 5.97 Å². The molecule has 20 aromatic rings. The van der Waals surface area contributed by atoms with Crippen molar-refractivity contribution in [1.82, 2.24) is 119 Å². The van der Waals surface area contributed by atoms with Crippen LogP contribution in [0.1, 0.15) is 135 Å². The highest BCUT2D eigenvalue weighted by Crippen LogP contribution is 2.26. The van der Waals surface area contributed by atoms with Gasteiger partial charge in [0.1, 0.15) is 59.8 Å². The first-order valence-electron chi connectivity index (χ1n) is 48.5. The third kappa shape index (κ3) is 29.4. The zero-order valence-corrected chi connectivity index (χ0v) is 83.7. The van der Waals surface area contributed by atoms with E-state index in [1.165, 1.54) is 57.8 Å². The molecule has 20 rings (SSSR count). The Balaban J connectivity index is 0.000000132. The Morgan fingerprint density at radius 1 is 0.324 bits per heavy atom. The van der Waals surface area contributed by atoms with Crippen molar-refractivity contribution in [2.45, 2.75) is 139 Å². The molecule has 728 valence electrons. The Labute approximate surface area is 854 Å². The largest absolute Gasteiger partial charge is 0.465 e. The number of methoxy groups -OCH3 is 1. The van der Waals surface area contributed by atoms with Gasteiger partial charge in [-0.05, 0) is 179 Å². The van der Waals surface area contributed by atoms with Crippen LogP contribution in [0.4, 0.5) is 0 Å². The van der Waals surface area contributed by atoms with Gasteiger partial charge in [-0.3, -0.25) is 54.5 Å². The second-order valence-electron chi connectivity index (χ2n) is 36.3. The summed E-state index contributed by atoms with van der Waals surface area (Å²) < 4.78 is 12.9. The number of nitriles is 1. The lowest BCUT2D eigenvalue weighted by molar-refractivity contribution is 0.0600. The first-order valence-corrected chi connectivity index (χ1v) is 49.2. The number of hydrogen-bond acceptors (Lipinski definition) is 23. The molecule has 12 aromatic heterocycles. The van der Waals surface area contributed by atoms with E-state index >= 15 is 0 Å². The van der Waals surface area contributed by atoms with Crippen LogP contribution in [-0.2, 0) is 109 Å². The van der Waals surface area contributed by atoms with E-state index in [-0.39, 0.29) is 0 Å². The molecule has 0 N–H and O–H groups in total. The van der Waals surface area contributed by atoms with Crippen LogP contribution in [-0.4, -0.2) is 158 Å². The maximum atomic E-state index is 11.7. The number of aromatic nitrogens is 20. The minimum Gasteiger partial charge on any atom is -0.465 e. The van der Waals surface area contributed by atoms with Crippen LogP contribution in [0, 0.1) is 45.9 Å². The zero-order chi connectivity index (χ0) is 100. The van der Waals surface area contributed by atoms with E-state index in [4.69, 9.17) is 53.1 Å². The smallest absolute Gasteiger partial charge is 0.339 e. The summed E-state index contributed by atoms with van der Waals surface area (Å²) in [5, 5.41) is 48.8. The van der Waals surface area contributed by atoms with Crippen LogP contribution >= 0.6 is 23.2 Å². The third-order valence-electron chi connectivity index (χ3n) is 25.1. The minimum atomic E-state index is -0.402. The van der Waals surface area contributed by atoms with E-state index in [2.05, 4.69) is 307 Å². The number of fused-ring (bicyclic) bond motifs is 4. The number of esters is 1. The van der Waals surface area contributed by atoms with Crippen LogP contribution in [0.25, 0.3) is 43.6 Å². The van der Waals surface area contributed by atoms with E-state index in [0.717, 1.165) is 176 Å². The quantitative estimate of drug-likeness (QED) is 0.0258. The predicted octanol–water partition coefficient (Wildman–Crippen LogP) is 20.6. The fraction of sp³-hybridized carbons (Fsp3) is 0.224. The maximum absolute atomic E-state index is 11.7. The monoisotopic (exact) mass is 1960 g/mol. The molecule has 0 aliphatic heterocycles. The second-order valence-corrected chi connectivity index (χ2v) is 37.1. The highest BCUT2D eigenvalue weighted by molar-refractivity contribution is 6.41. The number of pyridine rings is 8. The molecule has 27 nitrogen and oxygen atoms in total. The van der Waals surface area contributed by atoms with Crippen LogP contribution < -0.4 is 0 Å². The maximum Gasteiger partial charge on any atom is 0.339 e. The number of carbonyl (C=O) groups excluding carboxylic acids is 1. The topological polar surface area (TPSA) is 289 Å². The first kappa shape index (κ1) is 100. The van der Waals surface area contributed by atoms with Crippen molar-refractivity contribution in [3.8, 4) is 6.07 Å². The molecular formula is C116H113Cl2N25O2. The molecule has 8 aromatic carbocycles. The van der Waals surface area contributed by atoms with Gasteiger partial charge in [0.2, 0.25) is 0 Å². The van der Waals surface area contributed by atoms with Crippen molar-refractivity contribution < 1.29 is 9.53 Å². The van der Waals surface area contributed by atoms with E-state index in [1.54, 1.807) is 49.8 Å². The summed E-state index contributed by atoms with van der Waals surface area (Å²) in [5.41, 5.74) is 24.0. The van der Waals surface area contributed by atoms with Gasteiger partial charge < -0.3 is 23.0 Å². The lowest BCUT2D eigenvalue weighted by Gasteiger charge is -2.22. The molecular weight excluding hydrogens is 1850 g/mol. The number of aryl methyl sites for hydroxylation is 5. The summed E-state index contributed by atoms with van der Waals surface area (Å²) >= 11 is 12.2. The SMILES string of the molecule is COC(=O)c1ccc(Cn2cnnc2CN(CCc2ccc(C)cc2)Cc2ccc3ccccc3n2)nc1.Cc1ccc(CCN(Cc2ccc3ccccc3n2)Cc2nncn2Cc2ccc(C#N)cn2)cc1.Cc1ccc(CCN(Cc2ccc3ccccc3n2)Cc2nncn2Cc2cccc(C)n2)cc1.Cc1ccc(CCN(Cc2ccc3ccccc3n2)Cc2nncn2Cc2cnc(Cl)c(Cl)c2)cc1. The molecule has 0 radical (unpaired) electrons. The van der Waals surface area contributed by atoms with Gasteiger partial charge in [0.05, 0.1) is 138 Å². The van der Waals surface area contributed by atoms with Gasteiger partial charge in [0, 0.05) is 98.2 Å². The molecule has 0 saturated heterocycles. The molecule has 0 amide bonds. The number of carbonyl (C=O) groups is 1. The zero-order valence-electron chi connectivity index (χ0n) is 82.1. The fourth-order valence-electron chi connectivity index (χ4n) is 17.0. The van der Waals surface area contributed by atoms with Crippen LogP contribution in [0.2, 0.25) is 10.2 Å². The van der Waals surface area contributed by atoms with Crippen molar-refractivity contribution in [2.75, 3.05) is 33.3 Å². The van der Waals surface area contributed by atoms with E-state index in [1.807, 2.05) is 112 Å². The Hall–Kier alpha value is -16.1. The summed E-state index contributed by atoms with van der Waals surface area (Å²) in [7, 11) is 1.36. The minimum absolute atomic E-state index is 0.301. The first-order chi connectivity index (χ1) is 70.9. The highest BCUT2D eigenvalue weighted by atomic mass is 35.5. The Bertz CT molecular complexity index is 7680. The summed E-state index contributed by atoms with van der Waals surface area (Å²) in [4.78, 5) is 58.5. The Morgan fingerprint density at radius 3 is 0.972 bits per heavy atom. The Morgan fingerprint density at radius 2 is 0.655 bits per heavy atom. The molecule has 145 heavy (non-hydrogen) atoms. The van der Waals surface area contributed by atoms with Crippen molar-refractivity contribution >= 4 is 72.8 Å². The summed E-state index contributed by atoms with van der Waals surface area (Å²) in [5.74, 6) is 3.10. The van der Waals surface area contributed by atoms with Gasteiger partial charge in [0.15, 0.2) is 0 Å². The average molecular weight is 1960 g/mol. The van der Waals surface area contributed by atoms with Gasteiger partial charge in [-0.25, -0.2) is 9.78 Å². The molecule has 0 bridgehead atoms. The average Bonchev–Trinajstić information content (AvgIpc) is 1.72. The molecule has 0 atom stereocenters. The van der Waals surface area contributed by atoms with Crippen molar-refractivity contribution in [3.63, 3.8) is 0 Å². The van der Waals surface area contributed by atoms with Crippen LogP contribution in [0.5, 0.6) is 0 Å². The number of ether oxygens (including phenoxy) is 1. The van der Waals surface area contributed by atoms with Crippen molar-refractivity contribution in [2.24, 2.45) is 0 Å². The molecule has 12 heterocycles. The molecule has 29 heteroatoms.